The Kier molecular flexibility index (Phi) is 3.99. The van der Waals surface area contributed by atoms with Gasteiger partial charge in [-0.1, -0.05) is 29.8 Å². The maximum absolute atomic E-state index is 11.9. The van der Waals surface area contributed by atoms with Crippen LogP contribution in [0.2, 0.25) is 0 Å². The van der Waals surface area contributed by atoms with E-state index < -0.39 is 11.2 Å². The van der Waals surface area contributed by atoms with Crippen LogP contribution in [0.25, 0.3) is 0 Å². The number of non-ortho nitro benzene ring substituents is 1. The lowest BCUT2D eigenvalue weighted by Gasteiger charge is -2.19. The van der Waals surface area contributed by atoms with Crippen molar-refractivity contribution in [1.29, 1.82) is 0 Å². The highest BCUT2D eigenvalue weighted by atomic mass is 16.6. The largest absolute Gasteiger partial charge is 0.446 e. The number of nitro groups is 1. The second-order valence-electron chi connectivity index (χ2n) is 5.46. The zero-order valence-corrected chi connectivity index (χ0v) is 13.2. The first-order valence-corrected chi connectivity index (χ1v) is 7.32. The van der Waals surface area contributed by atoms with Crippen LogP contribution in [0.3, 0.4) is 0 Å². The van der Waals surface area contributed by atoms with Gasteiger partial charge in [0.2, 0.25) is 18.0 Å². The first-order valence-electron chi connectivity index (χ1n) is 7.32. The summed E-state index contributed by atoms with van der Waals surface area (Å²) in [6, 6.07) is 13.5. The summed E-state index contributed by atoms with van der Waals surface area (Å²) < 4.78 is 5.81. The fourth-order valence-corrected chi connectivity index (χ4v) is 2.39. The van der Waals surface area contributed by atoms with E-state index in [1.54, 1.807) is 12.1 Å². The van der Waals surface area contributed by atoms with E-state index in [4.69, 9.17) is 4.74 Å². The van der Waals surface area contributed by atoms with Crippen LogP contribution >= 0.6 is 0 Å². The van der Waals surface area contributed by atoms with Gasteiger partial charge in [-0.05, 0) is 19.1 Å². The number of nitro benzene ring substituents is 1. The molecule has 0 unspecified atom stereocenters. The summed E-state index contributed by atoms with van der Waals surface area (Å²) in [6.07, 6.45) is -0.821. The molecular weight excluding hydrogens is 310 g/mol. The number of hydrogen-bond donors (Lipinski definition) is 0. The molecular formula is C17H15N3O4. The topological polar surface area (TPSA) is 85.0 Å². The average Bonchev–Trinajstić information content (AvgIpc) is 3.01. The Labute approximate surface area is 138 Å². The van der Waals surface area contributed by atoms with Crippen molar-refractivity contribution in [3.63, 3.8) is 0 Å². The molecule has 2 aromatic carbocycles. The minimum absolute atomic E-state index is 0.0663. The summed E-state index contributed by atoms with van der Waals surface area (Å²) in [6.45, 7) is 3.34. The van der Waals surface area contributed by atoms with Gasteiger partial charge >= 0.3 is 0 Å². The highest BCUT2D eigenvalue weighted by Crippen LogP contribution is 2.31. The van der Waals surface area contributed by atoms with Crippen LogP contribution < -0.4 is 0 Å². The van der Waals surface area contributed by atoms with E-state index in [1.807, 2.05) is 31.2 Å². The van der Waals surface area contributed by atoms with Gasteiger partial charge in [0.15, 0.2) is 0 Å². The van der Waals surface area contributed by atoms with Gasteiger partial charge in [-0.3, -0.25) is 14.9 Å². The molecule has 1 atom stereocenters. The fraction of sp³-hybridized carbons (Fsp3) is 0.176. The number of ether oxygens (including phenoxy) is 1. The molecule has 0 radical (unpaired) electrons. The Morgan fingerprint density at radius 3 is 2.58 bits per heavy atom. The number of benzene rings is 2. The van der Waals surface area contributed by atoms with Crippen molar-refractivity contribution in [2.24, 2.45) is 5.10 Å². The van der Waals surface area contributed by atoms with Crippen LogP contribution in [0.5, 0.6) is 0 Å². The number of aryl methyl sites for hydroxylation is 1. The summed E-state index contributed by atoms with van der Waals surface area (Å²) in [5.41, 5.74) is 2.25. The van der Waals surface area contributed by atoms with Crippen molar-refractivity contribution in [2.75, 3.05) is 0 Å². The van der Waals surface area contributed by atoms with Crippen molar-refractivity contribution >= 4 is 17.5 Å². The Morgan fingerprint density at radius 1 is 1.25 bits per heavy atom. The van der Waals surface area contributed by atoms with Crippen molar-refractivity contribution < 1.29 is 14.5 Å². The van der Waals surface area contributed by atoms with Crippen LogP contribution in [0.4, 0.5) is 5.69 Å². The fourth-order valence-electron chi connectivity index (χ4n) is 2.39. The predicted molar refractivity (Wildman–Crippen MR) is 87.2 cm³/mol. The lowest BCUT2D eigenvalue weighted by Crippen LogP contribution is -2.25. The second-order valence-corrected chi connectivity index (χ2v) is 5.46. The van der Waals surface area contributed by atoms with E-state index in [9.17, 15) is 14.9 Å². The Hall–Kier alpha value is -3.22. The third kappa shape index (κ3) is 2.96. The molecule has 0 N–H and O–H groups in total. The van der Waals surface area contributed by atoms with Crippen LogP contribution in [0.1, 0.15) is 29.8 Å². The van der Waals surface area contributed by atoms with Crippen molar-refractivity contribution in [3.8, 4) is 0 Å². The predicted octanol–water partition coefficient (Wildman–Crippen LogP) is 3.14. The molecule has 1 aliphatic rings. The highest BCUT2D eigenvalue weighted by Gasteiger charge is 2.33. The van der Waals surface area contributed by atoms with Gasteiger partial charge in [0.05, 0.1) is 4.92 Å². The number of carbonyl (C=O) groups is 1. The second kappa shape index (κ2) is 6.11. The van der Waals surface area contributed by atoms with E-state index >= 15 is 0 Å². The van der Waals surface area contributed by atoms with E-state index in [2.05, 4.69) is 5.10 Å². The molecule has 0 aliphatic carbocycles. The maximum atomic E-state index is 11.9. The molecule has 24 heavy (non-hydrogen) atoms. The van der Waals surface area contributed by atoms with E-state index in [1.165, 1.54) is 24.1 Å². The molecule has 2 aromatic rings. The van der Waals surface area contributed by atoms with Gasteiger partial charge < -0.3 is 4.74 Å². The van der Waals surface area contributed by atoms with Gasteiger partial charge in [0.1, 0.15) is 0 Å². The average molecular weight is 325 g/mol. The summed E-state index contributed by atoms with van der Waals surface area (Å²) in [5.74, 6) is -0.00433. The lowest BCUT2D eigenvalue weighted by atomic mass is 10.1. The summed E-state index contributed by atoms with van der Waals surface area (Å²) >= 11 is 0. The van der Waals surface area contributed by atoms with Crippen molar-refractivity contribution in [3.05, 3.63) is 75.3 Å². The van der Waals surface area contributed by atoms with Gasteiger partial charge in [-0.15, -0.1) is 5.10 Å². The molecule has 0 saturated carbocycles. The zero-order chi connectivity index (χ0) is 17.3. The Balaban J connectivity index is 1.95. The number of rotatable bonds is 3. The van der Waals surface area contributed by atoms with Crippen LogP contribution in [-0.2, 0) is 9.53 Å². The van der Waals surface area contributed by atoms with Gasteiger partial charge in [-0.25, -0.2) is 0 Å². The first kappa shape index (κ1) is 15.7. The van der Waals surface area contributed by atoms with Crippen molar-refractivity contribution in [1.82, 2.24) is 5.01 Å². The first-order chi connectivity index (χ1) is 11.5. The molecule has 0 saturated heterocycles. The SMILES string of the molecule is CC(=O)N1N=C(c2ccc(C)cc2)O[C@H]1c1cccc([N+](=O)[O-])c1. The molecule has 1 heterocycles. The number of hydrazone groups is 1. The minimum Gasteiger partial charge on any atom is -0.446 e. The molecule has 3 rings (SSSR count). The summed E-state index contributed by atoms with van der Waals surface area (Å²) in [4.78, 5) is 22.4. The van der Waals surface area contributed by atoms with Gasteiger partial charge in [0, 0.05) is 30.2 Å². The van der Waals surface area contributed by atoms with E-state index in [0.717, 1.165) is 11.1 Å². The number of carbonyl (C=O) groups excluding carboxylic acids is 1. The quantitative estimate of drug-likeness (QED) is 0.641. The summed E-state index contributed by atoms with van der Waals surface area (Å²) in [7, 11) is 0. The Morgan fingerprint density at radius 2 is 1.96 bits per heavy atom. The smallest absolute Gasteiger partial charge is 0.269 e. The molecule has 122 valence electrons. The zero-order valence-electron chi connectivity index (χ0n) is 13.2. The summed E-state index contributed by atoms with van der Waals surface area (Å²) in [5, 5.41) is 16.4. The highest BCUT2D eigenvalue weighted by molar-refractivity contribution is 5.96. The molecule has 7 nitrogen and oxygen atoms in total. The molecule has 0 bridgehead atoms. The number of nitrogens with zero attached hydrogens (tertiary/aromatic N) is 3. The van der Waals surface area contributed by atoms with Gasteiger partial charge in [-0.2, -0.15) is 5.01 Å². The molecule has 0 fully saturated rings. The third-order valence-electron chi connectivity index (χ3n) is 3.63. The lowest BCUT2D eigenvalue weighted by molar-refractivity contribution is -0.385. The number of hydrogen-bond acceptors (Lipinski definition) is 5. The standard InChI is InChI=1S/C17H15N3O4/c1-11-6-8-13(9-7-11)16-18-19(12(2)21)17(24-16)14-4-3-5-15(10-14)20(22)23/h3-10,17H,1-2H3/t17-/m0/s1. The molecule has 7 heteroatoms. The molecule has 0 aromatic heterocycles. The third-order valence-corrected chi connectivity index (χ3v) is 3.63. The molecule has 0 spiro atoms. The number of amides is 1. The molecule has 1 amide bonds. The van der Waals surface area contributed by atoms with E-state index in [0.29, 0.717) is 11.5 Å². The van der Waals surface area contributed by atoms with Crippen LogP contribution in [-0.4, -0.2) is 21.7 Å². The van der Waals surface area contributed by atoms with Crippen LogP contribution in [0, 0.1) is 17.0 Å². The molecule has 1 aliphatic heterocycles. The van der Waals surface area contributed by atoms with Gasteiger partial charge in [0.25, 0.3) is 5.69 Å². The minimum atomic E-state index is -0.821. The maximum Gasteiger partial charge on any atom is 0.269 e. The Bertz CT molecular complexity index is 830. The van der Waals surface area contributed by atoms with Crippen molar-refractivity contribution in [2.45, 2.75) is 20.1 Å². The van der Waals surface area contributed by atoms with E-state index in [-0.39, 0.29) is 11.6 Å². The van der Waals surface area contributed by atoms with Crippen LogP contribution in [0.15, 0.2) is 53.6 Å². The normalized spacial score (nSPS) is 16.5. The monoisotopic (exact) mass is 325 g/mol.